The number of hydrogen-bond donors (Lipinski definition) is 1. The summed E-state index contributed by atoms with van der Waals surface area (Å²) in [6, 6.07) is 20.1. The fourth-order valence-corrected chi connectivity index (χ4v) is 3.33. The first-order valence-corrected chi connectivity index (χ1v) is 8.81. The summed E-state index contributed by atoms with van der Waals surface area (Å²) in [5.41, 5.74) is 2.46. The monoisotopic (exact) mass is 332 g/mol. The van der Waals surface area contributed by atoms with E-state index in [1.165, 1.54) is 5.56 Å². The molecule has 3 nitrogen and oxygen atoms in total. The molecule has 2 aromatic carbocycles. The van der Waals surface area contributed by atoms with E-state index in [2.05, 4.69) is 36.3 Å². The predicted octanol–water partition coefficient (Wildman–Crippen LogP) is 4.77. The van der Waals surface area contributed by atoms with Crippen LogP contribution in [0.4, 0.5) is 0 Å². The standard InChI is InChI=1S/C22H24N2O/c1-3-13-22(2,15-17-9-5-4-6-10-17)24-21(25)19-14-18-11-7-8-12-20(18)23-16-19/h4-12,14,16H,3,13,15H2,1-2H3,(H,24,25). The molecule has 0 bridgehead atoms. The molecule has 0 saturated heterocycles. The van der Waals surface area contributed by atoms with Crippen molar-refractivity contribution in [3.63, 3.8) is 0 Å². The van der Waals surface area contributed by atoms with E-state index in [-0.39, 0.29) is 11.4 Å². The zero-order valence-electron chi connectivity index (χ0n) is 14.8. The lowest BCUT2D eigenvalue weighted by atomic mass is 9.88. The summed E-state index contributed by atoms with van der Waals surface area (Å²) in [7, 11) is 0. The van der Waals surface area contributed by atoms with E-state index < -0.39 is 0 Å². The molecule has 1 heterocycles. The summed E-state index contributed by atoms with van der Waals surface area (Å²) >= 11 is 0. The van der Waals surface area contributed by atoms with E-state index in [9.17, 15) is 4.79 Å². The average Bonchev–Trinajstić information content (AvgIpc) is 2.62. The van der Waals surface area contributed by atoms with Gasteiger partial charge in [-0.05, 0) is 37.5 Å². The summed E-state index contributed by atoms with van der Waals surface area (Å²) in [4.78, 5) is 17.2. The fraction of sp³-hybridized carbons (Fsp3) is 0.273. The van der Waals surface area contributed by atoms with Gasteiger partial charge in [0, 0.05) is 17.1 Å². The molecular formula is C22H24N2O. The molecule has 3 aromatic rings. The van der Waals surface area contributed by atoms with Crippen molar-refractivity contribution in [3.05, 3.63) is 78.0 Å². The van der Waals surface area contributed by atoms with Gasteiger partial charge in [-0.15, -0.1) is 0 Å². The minimum Gasteiger partial charge on any atom is -0.347 e. The van der Waals surface area contributed by atoms with E-state index in [1.54, 1.807) is 6.20 Å². The van der Waals surface area contributed by atoms with E-state index in [0.717, 1.165) is 30.2 Å². The van der Waals surface area contributed by atoms with Crippen LogP contribution in [0.5, 0.6) is 0 Å². The third-order valence-electron chi connectivity index (χ3n) is 4.51. The van der Waals surface area contributed by atoms with Gasteiger partial charge in [-0.1, -0.05) is 61.9 Å². The quantitative estimate of drug-likeness (QED) is 0.707. The van der Waals surface area contributed by atoms with Crippen LogP contribution in [0, 0.1) is 0 Å². The Balaban J connectivity index is 1.81. The normalized spacial score (nSPS) is 13.4. The lowest BCUT2D eigenvalue weighted by Crippen LogP contribution is -2.47. The number of rotatable bonds is 6. The van der Waals surface area contributed by atoms with Gasteiger partial charge in [0.05, 0.1) is 11.1 Å². The number of carbonyl (C=O) groups excluding carboxylic acids is 1. The molecule has 25 heavy (non-hydrogen) atoms. The van der Waals surface area contributed by atoms with E-state index in [4.69, 9.17) is 0 Å². The van der Waals surface area contributed by atoms with Gasteiger partial charge in [0.25, 0.3) is 5.91 Å². The molecule has 0 fully saturated rings. The van der Waals surface area contributed by atoms with Crippen LogP contribution in [-0.2, 0) is 6.42 Å². The minimum absolute atomic E-state index is 0.0647. The summed E-state index contributed by atoms with van der Waals surface area (Å²) in [5, 5.41) is 4.23. The van der Waals surface area contributed by atoms with Crippen LogP contribution in [0.3, 0.4) is 0 Å². The molecule has 3 rings (SSSR count). The van der Waals surface area contributed by atoms with Crippen LogP contribution >= 0.6 is 0 Å². The van der Waals surface area contributed by atoms with Crippen molar-refractivity contribution in [2.24, 2.45) is 0 Å². The van der Waals surface area contributed by atoms with Gasteiger partial charge >= 0.3 is 0 Å². The fourth-order valence-electron chi connectivity index (χ4n) is 3.33. The number of nitrogens with zero attached hydrogens (tertiary/aromatic N) is 1. The van der Waals surface area contributed by atoms with Gasteiger partial charge in [-0.3, -0.25) is 9.78 Å². The van der Waals surface area contributed by atoms with Crippen LogP contribution in [0.25, 0.3) is 10.9 Å². The molecule has 0 radical (unpaired) electrons. The molecule has 0 spiro atoms. The van der Waals surface area contributed by atoms with Crippen LogP contribution in [-0.4, -0.2) is 16.4 Å². The predicted molar refractivity (Wildman–Crippen MR) is 103 cm³/mol. The summed E-state index contributed by atoms with van der Waals surface area (Å²) in [6.07, 6.45) is 4.41. The van der Waals surface area contributed by atoms with Crippen molar-refractivity contribution >= 4 is 16.8 Å². The Morgan fingerprint density at radius 3 is 2.56 bits per heavy atom. The number of carbonyl (C=O) groups is 1. The highest BCUT2D eigenvalue weighted by Crippen LogP contribution is 2.20. The molecule has 0 aliphatic rings. The van der Waals surface area contributed by atoms with Crippen LogP contribution in [0.2, 0.25) is 0 Å². The molecule has 0 saturated carbocycles. The summed E-state index contributed by atoms with van der Waals surface area (Å²) in [6.45, 7) is 4.27. The smallest absolute Gasteiger partial charge is 0.253 e. The molecule has 3 heteroatoms. The molecule has 0 aliphatic heterocycles. The first-order chi connectivity index (χ1) is 12.1. The Labute approximate surface area is 149 Å². The van der Waals surface area contributed by atoms with E-state index in [0.29, 0.717) is 5.56 Å². The largest absolute Gasteiger partial charge is 0.347 e. The number of para-hydroxylation sites is 1. The Hall–Kier alpha value is -2.68. The van der Waals surface area contributed by atoms with Crippen molar-refractivity contribution in [2.45, 2.75) is 38.6 Å². The maximum atomic E-state index is 12.8. The highest BCUT2D eigenvalue weighted by Gasteiger charge is 2.26. The number of amides is 1. The van der Waals surface area contributed by atoms with Gasteiger partial charge in [0.15, 0.2) is 0 Å². The number of hydrogen-bond acceptors (Lipinski definition) is 2. The summed E-state index contributed by atoms with van der Waals surface area (Å²) < 4.78 is 0. The van der Waals surface area contributed by atoms with Crippen molar-refractivity contribution in [1.29, 1.82) is 0 Å². The number of pyridine rings is 1. The van der Waals surface area contributed by atoms with Crippen LogP contribution < -0.4 is 5.32 Å². The Bertz CT molecular complexity index is 860. The third kappa shape index (κ3) is 4.24. The first kappa shape index (κ1) is 17.2. The summed E-state index contributed by atoms with van der Waals surface area (Å²) in [5.74, 6) is -0.0647. The van der Waals surface area contributed by atoms with E-state index >= 15 is 0 Å². The Morgan fingerprint density at radius 1 is 1.08 bits per heavy atom. The maximum absolute atomic E-state index is 12.8. The zero-order chi connectivity index (χ0) is 17.7. The number of benzene rings is 2. The van der Waals surface area contributed by atoms with Gasteiger partial charge in [0.1, 0.15) is 0 Å². The highest BCUT2D eigenvalue weighted by molar-refractivity contribution is 5.97. The van der Waals surface area contributed by atoms with Crippen molar-refractivity contribution in [2.75, 3.05) is 0 Å². The topological polar surface area (TPSA) is 42.0 Å². The molecule has 0 aliphatic carbocycles. The molecule has 1 amide bonds. The first-order valence-electron chi connectivity index (χ1n) is 8.81. The highest BCUT2D eigenvalue weighted by atomic mass is 16.1. The third-order valence-corrected chi connectivity index (χ3v) is 4.51. The zero-order valence-corrected chi connectivity index (χ0v) is 14.8. The minimum atomic E-state index is -0.279. The number of nitrogens with one attached hydrogen (secondary N) is 1. The van der Waals surface area contributed by atoms with Crippen molar-refractivity contribution in [1.82, 2.24) is 10.3 Å². The van der Waals surface area contributed by atoms with Crippen molar-refractivity contribution < 1.29 is 4.79 Å². The van der Waals surface area contributed by atoms with Crippen molar-refractivity contribution in [3.8, 4) is 0 Å². The van der Waals surface area contributed by atoms with Crippen LogP contribution in [0.1, 0.15) is 42.6 Å². The Kier molecular flexibility index (Phi) is 5.13. The SMILES string of the molecule is CCCC(C)(Cc1ccccc1)NC(=O)c1cnc2ccccc2c1. The molecule has 1 aromatic heterocycles. The van der Waals surface area contributed by atoms with Gasteiger partial charge in [-0.2, -0.15) is 0 Å². The number of aromatic nitrogens is 1. The average molecular weight is 332 g/mol. The second-order valence-corrected chi connectivity index (χ2v) is 6.84. The number of fused-ring (bicyclic) bond motifs is 1. The molecule has 128 valence electrons. The second kappa shape index (κ2) is 7.47. The Morgan fingerprint density at radius 2 is 1.80 bits per heavy atom. The molecule has 1 N–H and O–H groups in total. The molecule has 1 unspecified atom stereocenters. The van der Waals surface area contributed by atoms with Crippen LogP contribution in [0.15, 0.2) is 66.9 Å². The van der Waals surface area contributed by atoms with Gasteiger partial charge in [0.2, 0.25) is 0 Å². The second-order valence-electron chi connectivity index (χ2n) is 6.84. The lowest BCUT2D eigenvalue weighted by molar-refractivity contribution is 0.0900. The maximum Gasteiger partial charge on any atom is 0.253 e. The van der Waals surface area contributed by atoms with E-state index in [1.807, 2.05) is 48.5 Å². The van der Waals surface area contributed by atoms with Gasteiger partial charge in [-0.25, -0.2) is 0 Å². The molecule has 1 atom stereocenters. The van der Waals surface area contributed by atoms with Gasteiger partial charge < -0.3 is 5.32 Å². The molecular weight excluding hydrogens is 308 g/mol. The lowest BCUT2D eigenvalue weighted by Gasteiger charge is -2.31.